The Morgan fingerprint density at radius 3 is 2.50 bits per heavy atom. The van der Waals surface area contributed by atoms with Crippen molar-refractivity contribution in [1.82, 2.24) is 0 Å². The Kier molecular flexibility index (Phi) is 6.54. The molecule has 0 amide bonds. The molecule has 1 aromatic rings. The maximum absolute atomic E-state index is 12.4. The van der Waals surface area contributed by atoms with Gasteiger partial charge >= 0.3 is 5.97 Å². The molecule has 2 rings (SSSR count). The van der Waals surface area contributed by atoms with Gasteiger partial charge in [0, 0.05) is 12.5 Å². The first-order valence-electron chi connectivity index (χ1n) is 8.18. The lowest BCUT2D eigenvalue weighted by atomic mass is 10.0. The van der Waals surface area contributed by atoms with E-state index in [1.54, 1.807) is 6.92 Å². The first-order valence-corrected chi connectivity index (χ1v) is 8.18. The number of carbonyl (C=O) groups excluding carboxylic acids is 2. The van der Waals surface area contributed by atoms with Crippen molar-refractivity contribution in [2.24, 2.45) is 0 Å². The van der Waals surface area contributed by atoms with Gasteiger partial charge in [-0.3, -0.25) is 4.79 Å². The number of ketones is 1. The highest BCUT2D eigenvalue weighted by atomic mass is 16.5. The smallest absolute Gasteiger partial charge is 0.342 e. The normalized spacial score (nSPS) is 27.0. The molecular weight excluding hydrogens is 340 g/mol. The van der Waals surface area contributed by atoms with Crippen LogP contribution in [0.2, 0.25) is 0 Å². The van der Waals surface area contributed by atoms with Crippen LogP contribution in [0.4, 0.5) is 0 Å². The quantitative estimate of drug-likeness (QED) is 0.650. The Morgan fingerprint density at radius 1 is 1.12 bits per heavy atom. The van der Waals surface area contributed by atoms with Crippen molar-refractivity contribution in [3.05, 3.63) is 41.5 Å². The van der Waals surface area contributed by atoms with Crippen LogP contribution >= 0.6 is 0 Å². The lowest BCUT2D eigenvalue weighted by Gasteiger charge is -2.16. The number of cyclic esters (lactones) is 1. The highest BCUT2D eigenvalue weighted by molar-refractivity contribution is 5.97. The third-order valence-electron chi connectivity index (χ3n) is 3.95. The second kappa shape index (κ2) is 8.64. The van der Waals surface area contributed by atoms with E-state index in [1.807, 2.05) is 0 Å². The fourth-order valence-corrected chi connectivity index (χ4v) is 2.51. The van der Waals surface area contributed by atoms with E-state index in [4.69, 9.17) is 9.47 Å². The average molecular weight is 362 g/mol. The summed E-state index contributed by atoms with van der Waals surface area (Å²) in [5.41, 5.74) is 0.306. The third-order valence-corrected chi connectivity index (χ3v) is 3.95. The fourth-order valence-electron chi connectivity index (χ4n) is 2.51. The predicted octanol–water partition coefficient (Wildman–Crippen LogP) is 1.60. The number of rotatable bonds is 1. The van der Waals surface area contributed by atoms with Gasteiger partial charge in [-0.15, -0.1) is 0 Å². The Morgan fingerprint density at radius 2 is 1.81 bits per heavy atom. The van der Waals surface area contributed by atoms with Crippen LogP contribution < -0.4 is 4.74 Å². The summed E-state index contributed by atoms with van der Waals surface area (Å²) in [6, 6.07) is 2.84. The van der Waals surface area contributed by atoms with E-state index >= 15 is 0 Å². The molecular formula is C19H22O7. The number of ether oxygens (including phenoxy) is 2. The molecule has 0 saturated carbocycles. The van der Waals surface area contributed by atoms with E-state index in [0.717, 1.165) is 6.08 Å². The van der Waals surface area contributed by atoms with Gasteiger partial charge in [-0.25, -0.2) is 4.79 Å². The predicted molar refractivity (Wildman–Crippen MR) is 94.0 cm³/mol. The zero-order chi connectivity index (χ0) is 19.3. The molecule has 3 N–H and O–H groups in total. The van der Waals surface area contributed by atoms with E-state index in [-0.39, 0.29) is 24.2 Å². The summed E-state index contributed by atoms with van der Waals surface area (Å²) in [7, 11) is 1.42. The molecule has 0 fully saturated rings. The molecule has 1 aliphatic heterocycles. The largest absolute Gasteiger partial charge is 0.507 e. The minimum Gasteiger partial charge on any atom is -0.507 e. The number of carbonyl (C=O) groups is 2. The number of aromatic hydroxyl groups is 1. The summed E-state index contributed by atoms with van der Waals surface area (Å²) in [6.45, 7) is 1.64. The molecule has 0 aromatic heterocycles. The molecule has 140 valence electrons. The molecule has 7 nitrogen and oxygen atoms in total. The molecule has 0 radical (unpaired) electrons. The number of phenols is 1. The SMILES string of the molecule is COc1cc(O)c2c(c1)/C=C/C[C@H](O)C(O)C(=O)/C=C\CC(C)OC2=O. The van der Waals surface area contributed by atoms with E-state index in [1.165, 1.54) is 37.5 Å². The number of esters is 1. The lowest BCUT2D eigenvalue weighted by molar-refractivity contribution is -0.127. The van der Waals surface area contributed by atoms with Crippen molar-refractivity contribution < 1.29 is 34.4 Å². The second-order valence-electron chi connectivity index (χ2n) is 6.02. The molecule has 26 heavy (non-hydrogen) atoms. The zero-order valence-corrected chi connectivity index (χ0v) is 14.6. The molecule has 1 aromatic carbocycles. The van der Waals surface area contributed by atoms with Crippen LogP contribution in [-0.2, 0) is 9.53 Å². The van der Waals surface area contributed by atoms with Crippen molar-refractivity contribution in [2.75, 3.05) is 7.11 Å². The summed E-state index contributed by atoms with van der Waals surface area (Å²) in [5.74, 6) is -1.29. The van der Waals surface area contributed by atoms with Gasteiger partial charge < -0.3 is 24.8 Å². The minimum atomic E-state index is -1.55. The monoisotopic (exact) mass is 362 g/mol. The second-order valence-corrected chi connectivity index (χ2v) is 6.02. The van der Waals surface area contributed by atoms with Crippen LogP contribution in [0.3, 0.4) is 0 Å². The van der Waals surface area contributed by atoms with Crippen LogP contribution in [0.1, 0.15) is 35.7 Å². The lowest BCUT2D eigenvalue weighted by Crippen LogP contribution is -2.32. The minimum absolute atomic E-state index is 0.0242. The van der Waals surface area contributed by atoms with Gasteiger partial charge in [-0.05, 0) is 31.1 Å². The number of aliphatic hydroxyl groups is 2. The maximum atomic E-state index is 12.4. The zero-order valence-electron chi connectivity index (χ0n) is 14.6. The summed E-state index contributed by atoms with van der Waals surface area (Å²) < 4.78 is 10.4. The van der Waals surface area contributed by atoms with E-state index in [2.05, 4.69) is 0 Å². The van der Waals surface area contributed by atoms with Gasteiger partial charge in [0.25, 0.3) is 0 Å². The number of aliphatic hydroxyl groups excluding tert-OH is 2. The third kappa shape index (κ3) is 4.71. The number of phenolic OH excluding ortho intramolecular Hbond substituents is 1. The molecule has 1 heterocycles. The summed E-state index contributed by atoms with van der Waals surface area (Å²) in [5, 5.41) is 30.0. The summed E-state index contributed by atoms with van der Waals surface area (Å²) in [4.78, 5) is 24.3. The molecule has 2 unspecified atom stereocenters. The van der Waals surface area contributed by atoms with Crippen molar-refractivity contribution in [2.45, 2.75) is 38.1 Å². The number of methoxy groups -OCH3 is 1. The number of fused-ring (bicyclic) bond motifs is 1. The molecule has 0 aliphatic carbocycles. The highest BCUT2D eigenvalue weighted by Crippen LogP contribution is 2.30. The van der Waals surface area contributed by atoms with Gasteiger partial charge in [-0.2, -0.15) is 0 Å². The maximum Gasteiger partial charge on any atom is 0.342 e. The standard InChI is InChI=1S/C19H22O7/c1-11-5-3-7-14(20)18(23)15(21)8-4-6-12-9-13(25-2)10-16(22)17(12)19(24)26-11/h3-4,6-7,9-11,15,18,21-23H,5,8H2,1-2H3/b6-4+,7-3-/t11?,15-,18?/m0/s1. The summed E-state index contributed by atoms with van der Waals surface area (Å²) in [6.07, 6.45) is 2.42. The Bertz CT molecular complexity index is 736. The topological polar surface area (TPSA) is 113 Å². The first-order chi connectivity index (χ1) is 12.3. The van der Waals surface area contributed by atoms with E-state index in [0.29, 0.717) is 11.3 Å². The van der Waals surface area contributed by atoms with Crippen molar-refractivity contribution in [3.63, 3.8) is 0 Å². The number of hydrogen-bond acceptors (Lipinski definition) is 7. The molecule has 0 spiro atoms. The van der Waals surface area contributed by atoms with Crippen molar-refractivity contribution in [1.29, 1.82) is 0 Å². The Hall–Kier alpha value is -2.64. The van der Waals surface area contributed by atoms with Gasteiger partial charge in [0.2, 0.25) is 0 Å². The van der Waals surface area contributed by atoms with Crippen LogP contribution in [0.5, 0.6) is 11.5 Å². The van der Waals surface area contributed by atoms with Crippen LogP contribution in [0.15, 0.2) is 30.4 Å². The first kappa shape index (κ1) is 19.7. The highest BCUT2D eigenvalue weighted by Gasteiger charge is 2.23. The van der Waals surface area contributed by atoms with Gasteiger partial charge in [-0.1, -0.05) is 18.2 Å². The number of hydrogen-bond donors (Lipinski definition) is 3. The van der Waals surface area contributed by atoms with E-state index < -0.39 is 30.1 Å². The molecule has 3 atom stereocenters. The van der Waals surface area contributed by atoms with E-state index in [9.17, 15) is 24.9 Å². The molecule has 7 heteroatoms. The van der Waals surface area contributed by atoms with Crippen LogP contribution in [0.25, 0.3) is 6.08 Å². The van der Waals surface area contributed by atoms with Crippen LogP contribution in [0, 0.1) is 0 Å². The molecule has 1 aliphatic rings. The van der Waals surface area contributed by atoms with Gasteiger partial charge in [0.05, 0.1) is 13.2 Å². The summed E-state index contributed by atoms with van der Waals surface area (Å²) >= 11 is 0. The Balaban J connectivity index is 2.45. The van der Waals surface area contributed by atoms with Crippen LogP contribution in [-0.4, -0.2) is 52.5 Å². The Labute approximate surface area is 151 Å². The molecule has 0 bridgehead atoms. The number of benzene rings is 1. The van der Waals surface area contributed by atoms with Gasteiger partial charge in [0.15, 0.2) is 5.78 Å². The molecule has 0 saturated heterocycles. The average Bonchev–Trinajstić information content (AvgIpc) is 2.59. The van der Waals surface area contributed by atoms with Crippen molar-refractivity contribution in [3.8, 4) is 11.5 Å². The fraction of sp³-hybridized carbons (Fsp3) is 0.368. The van der Waals surface area contributed by atoms with Crippen molar-refractivity contribution >= 4 is 17.8 Å². The van der Waals surface area contributed by atoms with Gasteiger partial charge in [0.1, 0.15) is 29.3 Å².